The van der Waals surface area contributed by atoms with Crippen LogP contribution in [0, 0.1) is 17.1 Å². The van der Waals surface area contributed by atoms with Crippen molar-refractivity contribution in [2.24, 2.45) is 0 Å². The highest BCUT2D eigenvalue weighted by molar-refractivity contribution is 5.63. The molecule has 0 saturated carbocycles. The van der Waals surface area contributed by atoms with Gasteiger partial charge >= 0.3 is 6.36 Å². The summed E-state index contributed by atoms with van der Waals surface area (Å²) in [6.45, 7) is 0.718. The summed E-state index contributed by atoms with van der Waals surface area (Å²) in [5.41, 5.74) is 1.95. The predicted octanol–water partition coefficient (Wildman–Crippen LogP) is 4.16. The van der Waals surface area contributed by atoms with Gasteiger partial charge in [0.1, 0.15) is 17.6 Å². The van der Waals surface area contributed by atoms with Crippen LogP contribution in [0.15, 0.2) is 36.4 Å². The Bertz CT molecular complexity index is 811. The Morgan fingerprint density at radius 1 is 1.17 bits per heavy atom. The molecule has 0 bridgehead atoms. The van der Waals surface area contributed by atoms with Crippen molar-refractivity contribution >= 4 is 5.69 Å². The number of fused-ring (bicyclic) bond motifs is 1. The van der Waals surface area contributed by atoms with Crippen molar-refractivity contribution in [2.45, 2.75) is 19.3 Å². The van der Waals surface area contributed by atoms with Gasteiger partial charge in [-0.2, -0.15) is 5.26 Å². The third-order valence-electron chi connectivity index (χ3n) is 3.87. The van der Waals surface area contributed by atoms with Crippen molar-refractivity contribution in [2.75, 3.05) is 11.4 Å². The highest BCUT2D eigenvalue weighted by Crippen LogP contribution is 2.33. The first kappa shape index (κ1) is 16.1. The second-order valence-corrected chi connectivity index (χ2v) is 5.39. The van der Waals surface area contributed by atoms with Gasteiger partial charge in [-0.05, 0) is 35.7 Å². The number of hydrogen-bond donors (Lipinski definition) is 0. The molecule has 124 valence electrons. The Morgan fingerprint density at radius 3 is 2.67 bits per heavy atom. The Labute approximate surface area is 135 Å². The van der Waals surface area contributed by atoms with Crippen LogP contribution in [-0.2, 0) is 13.0 Å². The van der Waals surface area contributed by atoms with E-state index in [4.69, 9.17) is 0 Å². The van der Waals surface area contributed by atoms with Crippen LogP contribution in [0.1, 0.15) is 16.7 Å². The maximum Gasteiger partial charge on any atom is 0.573 e. The molecule has 0 fully saturated rings. The number of ether oxygens (including phenoxy) is 1. The molecular formula is C17H12F4N2O. The predicted molar refractivity (Wildman–Crippen MR) is 79.0 cm³/mol. The molecule has 3 nitrogen and oxygen atoms in total. The van der Waals surface area contributed by atoms with Crippen LogP contribution in [0.5, 0.6) is 5.75 Å². The fourth-order valence-corrected chi connectivity index (χ4v) is 2.83. The molecule has 3 rings (SSSR count). The molecule has 1 aliphatic rings. The van der Waals surface area contributed by atoms with Gasteiger partial charge in [0.25, 0.3) is 0 Å². The SMILES string of the molecule is N#Cc1ccc(OC(F)(F)F)cc1N1CCc2c(F)cccc2C1. The highest BCUT2D eigenvalue weighted by atomic mass is 19.4. The topological polar surface area (TPSA) is 36.3 Å². The molecule has 0 radical (unpaired) electrons. The number of hydrogen-bond acceptors (Lipinski definition) is 3. The monoisotopic (exact) mass is 336 g/mol. The van der Waals surface area contributed by atoms with Gasteiger partial charge in [-0.1, -0.05) is 12.1 Å². The maximum absolute atomic E-state index is 13.8. The summed E-state index contributed by atoms with van der Waals surface area (Å²) in [5, 5.41) is 9.21. The van der Waals surface area contributed by atoms with Crippen molar-refractivity contribution in [1.29, 1.82) is 5.26 Å². The van der Waals surface area contributed by atoms with Gasteiger partial charge in [0.2, 0.25) is 0 Å². The smallest absolute Gasteiger partial charge is 0.406 e. The zero-order chi connectivity index (χ0) is 17.3. The van der Waals surface area contributed by atoms with E-state index in [2.05, 4.69) is 4.74 Å². The van der Waals surface area contributed by atoms with Crippen molar-refractivity contribution in [3.05, 3.63) is 58.9 Å². The highest BCUT2D eigenvalue weighted by Gasteiger charge is 2.31. The summed E-state index contributed by atoms with van der Waals surface area (Å²) in [7, 11) is 0. The number of benzene rings is 2. The van der Waals surface area contributed by atoms with Crippen LogP contribution in [0.4, 0.5) is 23.2 Å². The molecule has 7 heteroatoms. The molecule has 1 heterocycles. The van der Waals surface area contributed by atoms with Gasteiger partial charge in [0.05, 0.1) is 11.3 Å². The van der Waals surface area contributed by atoms with Crippen molar-refractivity contribution in [1.82, 2.24) is 0 Å². The third-order valence-corrected chi connectivity index (χ3v) is 3.87. The Hall–Kier alpha value is -2.75. The summed E-state index contributed by atoms with van der Waals surface area (Å²) in [5.74, 6) is -0.677. The third kappa shape index (κ3) is 3.27. The van der Waals surface area contributed by atoms with E-state index < -0.39 is 6.36 Å². The van der Waals surface area contributed by atoms with E-state index in [1.165, 1.54) is 18.2 Å². The maximum atomic E-state index is 13.8. The van der Waals surface area contributed by atoms with Crippen LogP contribution in [-0.4, -0.2) is 12.9 Å². The van der Waals surface area contributed by atoms with Gasteiger partial charge in [-0.15, -0.1) is 13.2 Å². The normalized spacial score (nSPS) is 14.0. The van der Waals surface area contributed by atoms with E-state index in [-0.39, 0.29) is 17.1 Å². The van der Waals surface area contributed by atoms with Gasteiger partial charge in [0, 0.05) is 19.2 Å². The first-order valence-corrected chi connectivity index (χ1v) is 7.18. The van der Waals surface area contributed by atoms with Crippen LogP contribution < -0.4 is 9.64 Å². The average molecular weight is 336 g/mol. The average Bonchev–Trinajstić information content (AvgIpc) is 2.53. The lowest BCUT2D eigenvalue weighted by Gasteiger charge is -2.31. The molecule has 0 amide bonds. The molecular weight excluding hydrogens is 324 g/mol. The summed E-state index contributed by atoms with van der Waals surface area (Å²) in [4.78, 5) is 1.75. The molecule has 0 spiro atoms. The van der Waals surface area contributed by atoms with Gasteiger partial charge in [-0.25, -0.2) is 4.39 Å². The molecule has 0 saturated heterocycles. The number of halogens is 4. The van der Waals surface area contributed by atoms with Crippen LogP contribution in [0.2, 0.25) is 0 Å². The van der Waals surface area contributed by atoms with Gasteiger partial charge in [-0.3, -0.25) is 0 Å². The van der Waals surface area contributed by atoms with E-state index in [0.29, 0.717) is 30.8 Å². The van der Waals surface area contributed by atoms with E-state index >= 15 is 0 Å². The molecule has 2 aromatic carbocycles. The minimum absolute atomic E-state index is 0.240. The summed E-state index contributed by atoms with van der Waals surface area (Å²) >= 11 is 0. The van der Waals surface area contributed by atoms with Gasteiger partial charge in [0.15, 0.2) is 0 Å². The standard InChI is InChI=1S/C17H12F4N2O/c18-15-3-1-2-12-10-23(7-6-14(12)15)16-8-13(24-17(19,20)21)5-4-11(16)9-22/h1-5,8H,6-7,10H2. The molecule has 0 aliphatic carbocycles. The number of anilines is 1. The molecule has 0 N–H and O–H groups in total. The van der Waals surface area contributed by atoms with Crippen LogP contribution >= 0.6 is 0 Å². The summed E-state index contributed by atoms with van der Waals surface area (Å²) in [6, 6.07) is 10.3. The molecule has 0 atom stereocenters. The molecule has 1 aliphatic heterocycles. The fraction of sp³-hybridized carbons (Fsp3) is 0.235. The van der Waals surface area contributed by atoms with Crippen LogP contribution in [0.25, 0.3) is 0 Å². The Kier molecular flexibility index (Phi) is 4.06. The van der Waals surface area contributed by atoms with Crippen molar-refractivity contribution in [3.8, 4) is 11.8 Å². The molecule has 2 aromatic rings. The summed E-state index contributed by atoms with van der Waals surface area (Å²) in [6.07, 6.45) is -4.39. The number of nitriles is 1. The lowest BCUT2D eigenvalue weighted by molar-refractivity contribution is -0.274. The molecule has 0 unspecified atom stereocenters. The van der Waals surface area contributed by atoms with Crippen molar-refractivity contribution < 1.29 is 22.3 Å². The number of nitrogens with zero attached hydrogens (tertiary/aromatic N) is 2. The zero-order valence-electron chi connectivity index (χ0n) is 12.4. The fourth-order valence-electron chi connectivity index (χ4n) is 2.83. The zero-order valence-corrected chi connectivity index (χ0v) is 12.4. The lowest BCUT2D eigenvalue weighted by Crippen LogP contribution is -2.31. The van der Waals surface area contributed by atoms with E-state index in [1.54, 1.807) is 17.0 Å². The molecule has 24 heavy (non-hydrogen) atoms. The minimum Gasteiger partial charge on any atom is -0.406 e. The first-order valence-electron chi connectivity index (χ1n) is 7.18. The quantitative estimate of drug-likeness (QED) is 0.773. The van der Waals surface area contributed by atoms with Gasteiger partial charge < -0.3 is 9.64 Å². The van der Waals surface area contributed by atoms with Crippen LogP contribution in [0.3, 0.4) is 0 Å². The minimum atomic E-state index is -4.80. The van der Waals surface area contributed by atoms with E-state index in [1.807, 2.05) is 6.07 Å². The Balaban J connectivity index is 1.94. The summed E-state index contributed by atoms with van der Waals surface area (Å²) < 4.78 is 54.9. The number of alkyl halides is 3. The largest absolute Gasteiger partial charge is 0.573 e. The van der Waals surface area contributed by atoms with E-state index in [0.717, 1.165) is 11.6 Å². The Morgan fingerprint density at radius 2 is 1.96 bits per heavy atom. The van der Waals surface area contributed by atoms with E-state index in [9.17, 15) is 22.8 Å². The lowest BCUT2D eigenvalue weighted by atomic mass is 9.98. The first-order chi connectivity index (χ1) is 11.4. The number of rotatable bonds is 2. The second kappa shape index (κ2) is 6.04. The molecule has 0 aromatic heterocycles. The second-order valence-electron chi connectivity index (χ2n) is 5.39. The van der Waals surface area contributed by atoms with Crippen molar-refractivity contribution in [3.63, 3.8) is 0 Å².